The van der Waals surface area contributed by atoms with Gasteiger partial charge in [-0.2, -0.15) is 0 Å². The number of hydrogen-bond acceptors (Lipinski definition) is 4. The molecule has 1 rings (SSSR count). The molecular formula is C16H26N2O4. The van der Waals surface area contributed by atoms with Crippen molar-refractivity contribution in [1.82, 2.24) is 10.2 Å². The highest BCUT2D eigenvalue weighted by atomic mass is 16.6. The smallest absolute Gasteiger partial charge is 0.410 e. The molecule has 1 aliphatic heterocycles. The number of carboxylic acids is 1. The van der Waals surface area contributed by atoms with Crippen molar-refractivity contribution >= 4 is 12.1 Å². The predicted octanol–water partition coefficient (Wildman–Crippen LogP) is 1.84. The van der Waals surface area contributed by atoms with E-state index in [0.717, 1.165) is 6.42 Å². The van der Waals surface area contributed by atoms with Crippen LogP contribution in [-0.4, -0.2) is 52.3 Å². The second kappa shape index (κ2) is 7.01. The second-order valence-electron chi connectivity index (χ2n) is 6.85. The van der Waals surface area contributed by atoms with Gasteiger partial charge < -0.3 is 20.1 Å². The van der Waals surface area contributed by atoms with Gasteiger partial charge >= 0.3 is 12.1 Å². The van der Waals surface area contributed by atoms with E-state index < -0.39 is 23.2 Å². The fraction of sp³-hybridized carbons (Fsp3) is 0.750. The first-order chi connectivity index (χ1) is 10.1. The lowest BCUT2D eigenvalue weighted by Gasteiger charge is -2.51. The first-order valence-electron chi connectivity index (χ1n) is 7.51. The fourth-order valence-electron chi connectivity index (χ4n) is 2.56. The minimum absolute atomic E-state index is 0.0464. The van der Waals surface area contributed by atoms with Crippen LogP contribution in [0.4, 0.5) is 4.79 Å². The van der Waals surface area contributed by atoms with Crippen molar-refractivity contribution in [2.45, 2.75) is 64.1 Å². The molecule has 0 saturated carbocycles. The Morgan fingerprint density at radius 2 is 2.05 bits per heavy atom. The Balaban J connectivity index is 2.69. The average molecular weight is 310 g/mol. The van der Waals surface area contributed by atoms with Gasteiger partial charge in [0.1, 0.15) is 5.60 Å². The molecule has 2 N–H and O–H groups in total. The highest BCUT2D eigenvalue weighted by molar-refractivity contribution is 5.73. The Morgan fingerprint density at radius 1 is 1.45 bits per heavy atom. The van der Waals surface area contributed by atoms with Crippen LogP contribution in [0.5, 0.6) is 0 Å². The zero-order valence-electron chi connectivity index (χ0n) is 13.8. The molecule has 124 valence electrons. The molecule has 1 atom stereocenters. The Kier molecular flexibility index (Phi) is 5.84. The molecule has 0 spiro atoms. The summed E-state index contributed by atoms with van der Waals surface area (Å²) in [5, 5.41) is 12.4. The summed E-state index contributed by atoms with van der Waals surface area (Å²) in [6.45, 7) is 8.02. The lowest BCUT2D eigenvalue weighted by molar-refractivity contribution is -0.141. The molecule has 0 aromatic carbocycles. The molecule has 0 aromatic heterocycles. The summed E-state index contributed by atoms with van der Waals surface area (Å²) in [5.41, 5.74) is -1.19. The first-order valence-corrected chi connectivity index (χ1v) is 7.51. The molecule has 0 bridgehead atoms. The normalized spacial score (nSPS) is 18.0. The van der Waals surface area contributed by atoms with Crippen LogP contribution in [0.1, 0.15) is 47.0 Å². The maximum absolute atomic E-state index is 12.0. The van der Waals surface area contributed by atoms with E-state index in [9.17, 15) is 9.59 Å². The van der Waals surface area contributed by atoms with E-state index in [-0.39, 0.29) is 12.5 Å². The van der Waals surface area contributed by atoms with Crippen molar-refractivity contribution in [3.05, 3.63) is 0 Å². The number of aliphatic carboxylic acids is 1. The SMILES string of the molecule is C#CCC(CC)NC1(CC(=O)O)CN(C(=O)OC(C)(C)C)C1. The van der Waals surface area contributed by atoms with Crippen LogP contribution in [0, 0.1) is 12.3 Å². The van der Waals surface area contributed by atoms with E-state index in [1.807, 2.05) is 6.92 Å². The van der Waals surface area contributed by atoms with Crippen molar-refractivity contribution in [2.75, 3.05) is 13.1 Å². The van der Waals surface area contributed by atoms with Gasteiger partial charge in [0.2, 0.25) is 0 Å². The number of terminal acetylenes is 1. The minimum Gasteiger partial charge on any atom is -0.481 e. The number of amides is 1. The molecule has 1 saturated heterocycles. The zero-order valence-corrected chi connectivity index (χ0v) is 13.8. The highest BCUT2D eigenvalue weighted by Gasteiger charge is 2.48. The highest BCUT2D eigenvalue weighted by Crippen LogP contribution is 2.28. The number of nitrogens with one attached hydrogen (secondary N) is 1. The number of carbonyl (C=O) groups is 2. The Bertz CT molecular complexity index is 456. The number of likely N-dealkylation sites (tertiary alicyclic amines) is 1. The van der Waals surface area contributed by atoms with E-state index in [0.29, 0.717) is 19.5 Å². The monoisotopic (exact) mass is 310 g/mol. The Labute approximate surface area is 132 Å². The average Bonchev–Trinajstić information content (AvgIpc) is 2.31. The zero-order chi connectivity index (χ0) is 17.0. The Morgan fingerprint density at radius 3 is 2.45 bits per heavy atom. The van der Waals surface area contributed by atoms with Crippen LogP contribution < -0.4 is 5.32 Å². The van der Waals surface area contributed by atoms with Gasteiger partial charge in [-0.05, 0) is 27.2 Å². The van der Waals surface area contributed by atoms with E-state index >= 15 is 0 Å². The predicted molar refractivity (Wildman–Crippen MR) is 83.5 cm³/mol. The lowest BCUT2D eigenvalue weighted by Crippen LogP contribution is -2.72. The summed E-state index contributed by atoms with van der Waals surface area (Å²) < 4.78 is 5.30. The standard InChI is InChI=1S/C16H26N2O4/c1-6-8-12(7-2)17-16(9-13(19)20)10-18(11-16)14(21)22-15(3,4)5/h1,12,17H,7-11H2,2-5H3,(H,19,20). The summed E-state index contributed by atoms with van der Waals surface area (Å²) >= 11 is 0. The molecule has 1 unspecified atom stereocenters. The van der Waals surface area contributed by atoms with Gasteiger partial charge in [-0.25, -0.2) is 4.79 Å². The number of rotatable bonds is 6. The topological polar surface area (TPSA) is 78.9 Å². The van der Waals surface area contributed by atoms with Gasteiger partial charge in [0.05, 0.1) is 12.0 Å². The van der Waals surface area contributed by atoms with E-state index in [2.05, 4.69) is 11.2 Å². The molecule has 1 heterocycles. The quantitative estimate of drug-likeness (QED) is 0.732. The summed E-state index contributed by atoms with van der Waals surface area (Å²) in [7, 11) is 0. The molecule has 1 fully saturated rings. The largest absolute Gasteiger partial charge is 0.481 e. The molecule has 0 aliphatic carbocycles. The van der Waals surface area contributed by atoms with Crippen LogP contribution >= 0.6 is 0 Å². The molecule has 1 amide bonds. The maximum Gasteiger partial charge on any atom is 0.410 e. The van der Waals surface area contributed by atoms with Crippen molar-refractivity contribution in [3.63, 3.8) is 0 Å². The van der Waals surface area contributed by atoms with E-state index in [1.165, 1.54) is 4.90 Å². The third kappa shape index (κ3) is 5.23. The number of carbonyl (C=O) groups excluding carboxylic acids is 1. The van der Waals surface area contributed by atoms with Crippen LogP contribution in [-0.2, 0) is 9.53 Å². The molecule has 0 radical (unpaired) electrons. The van der Waals surface area contributed by atoms with Crippen LogP contribution in [0.3, 0.4) is 0 Å². The van der Waals surface area contributed by atoms with Gasteiger partial charge in [0.25, 0.3) is 0 Å². The first kappa shape index (κ1) is 18.3. The van der Waals surface area contributed by atoms with Crippen molar-refractivity contribution in [2.24, 2.45) is 0 Å². The number of hydrogen-bond donors (Lipinski definition) is 2. The van der Waals surface area contributed by atoms with Crippen LogP contribution in [0.25, 0.3) is 0 Å². The van der Waals surface area contributed by atoms with E-state index in [4.69, 9.17) is 16.3 Å². The van der Waals surface area contributed by atoms with Crippen molar-refractivity contribution in [3.8, 4) is 12.3 Å². The van der Waals surface area contributed by atoms with Gasteiger partial charge in [0, 0.05) is 25.6 Å². The van der Waals surface area contributed by atoms with Gasteiger partial charge in [-0.15, -0.1) is 12.3 Å². The van der Waals surface area contributed by atoms with Crippen molar-refractivity contribution in [1.29, 1.82) is 0 Å². The molecular weight excluding hydrogens is 284 g/mol. The van der Waals surface area contributed by atoms with Crippen LogP contribution in [0.2, 0.25) is 0 Å². The number of ether oxygens (including phenoxy) is 1. The number of nitrogens with zero attached hydrogens (tertiary/aromatic N) is 1. The van der Waals surface area contributed by atoms with Gasteiger partial charge in [-0.3, -0.25) is 4.79 Å². The summed E-state index contributed by atoms with van der Waals surface area (Å²) in [5.74, 6) is 1.70. The maximum atomic E-state index is 12.0. The third-order valence-corrected chi connectivity index (χ3v) is 3.50. The fourth-order valence-corrected chi connectivity index (χ4v) is 2.56. The molecule has 6 nitrogen and oxygen atoms in total. The lowest BCUT2D eigenvalue weighted by atomic mass is 9.85. The van der Waals surface area contributed by atoms with Crippen LogP contribution in [0.15, 0.2) is 0 Å². The summed E-state index contributed by atoms with van der Waals surface area (Å²) in [6.07, 6.45) is 6.21. The summed E-state index contributed by atoms with van der Waals surface area (Å²) in [4.78, 5) is 24.6. The third-order valence-electron chi connectivity index (χ3n) is 3.50. The Hall–Kier alpha value is -1.74. The van der Waals surface area contributed by atoms with Crippen molar-refractivity contribution < 1.29 is 19.4 Å². The molecule has 22 heavy (non-hydrogen) atoms. The number of carboxylic acid groups (broad SMARTS) is 1. The molecule has 1 aliphatic rings. The molecule has 0 aromatic rings. The minimum atomic E-state index is -0.896. The van der Waals surface area contributed by atoms with E-state index in [1.54, 1.807) is 20.8 Å². The van der Waals surface area contributed by atoms with Gasteiger partial charge in [-0.1, -0.05) is 6.92 Å². The summed E-state index contributed by atoms with van der Waals surface area (Å²) in [6, 6.07) is 0.0464. The van der Waals surface area contributed by atoms with Gasteiger partial charge in [0.15, 0.2) is 0 Å². The second-order valence-corrected chi connectivity index (χ2v) is 6.85. The molecule has 6 heteroatoms.